The van der Waals surface area contributed by atoms with Crippen molar-refractivity contribution in [2.24, 2.45) is 7.05 Å². The highest BCUT2D eigenvalue weighted by molar-refractivity contribution is 5.91. The fraction of sp³-hybridized carbons (Fsp3) is 0.333. The molecule has 40 heavy (non-hydrogen) atoms. The van der Waals surface area contributed by atoms with Gasteiger partial charge >= 0.3 is 6.18 Å². The molecular formula is C27H24F6N6O. The minimum atomic E-state index is -4.87. The predicted molar refractivity (Wildman–Crippen MR) is 132 cm³/mol. The molecule has 4 aromatic rings. The van der Waals surface area contributed by atoms with Crippen LogP contribution in [0.4, 0.5) is 26.3 Å². The summed E-state index contributed by atoms with van der Waals surface area (Å²) in [5.74, 6) is -7.03. The molecule has 0 saturated carbocycles. The number of benzene rings is 2. The lowest BCUT2D eigenvalue weighted by atomic mass is 9.87. The molecule has 210 valence electrons. The monoisotopic (exact) mass is 562 g/mol. The largest absolute Gasteiger partial charge is 0.451 e. The molecule has 0 radical (unpaired) electrons. The van der Waals surface area contributed by atoms with Crippen molar-refractivity contribution in [2.45, 2.75) is 51.4 Å². The van der Waals surface area contributed by atoms with Gasteiger partial charge < -0.3 is 4.90 Å². The van der Waals surface area contributed by atoms with E-state index in [1.54, 1.807) is 32.2 Å². The topological polar surface area (TPSA) is 68.8 Å². The molecule has 0 N–H and O–H groups in total. The van der Waals surface area contributed by atoms with Crippen LogP contribution in [0, 0.1) is 17.5 Å². The number of alkyl halides is 3. The van der Waals surface area contributed by atoms with Crippen LogP contribution >= 0.6 is 0 Å². The number of aryl methyl sites for hydroxylation is 1. The maximum Gasteiger partial charge on any atom is 0.451 e. The van der Waals surface area contributed by atoms with Crippen LogP contribution in [0.15, 0.2) is 42.5 Å². The van der Waals surface area contributed by atoms with Crippen molar-refractivity contribution >= 4 is 5.91 Å². The average Bonchev–Trinajstić information content (AvgIpc) is 3.52. The Bertz CT molecular complexity index is 1560. The molecule has 0 saturated heterocycles. The Hall–Kier alpha value is -4.16. The fourth-order valence-electron chi connectivity index (χ4n) is 5.32. The molecule has 0 spiro atoms. The minimum Gasteiger partial charge on any atom is -0.324 e. The highest BCUT2D eigenvalue weighted by Gasteiger charge is 2.44. The number of carbonyl (C=O) groups is 1. The first-order chi connectivity index (χ1) is 19.0. The maximum atomic E-state index is 14.1. The summed E-state index contributed by atoms with van der Waals surface area (Å²) in [6.45, 7) is 3.60. The Morgan fingerprint density at radius 2 is 1.65 bits per heavy atom. The Morgan fingerprint density at radius 1 is 1.00 bits per heavy atom. The molecule has 5 rings (SSSR count). The van der Waals surface area contributed by atoms with Gasteiger partial charge in [-0.15, -0.1) is 5.10 Å². The van der Waals surface area contributed by atoms with Crippen LogP contribution < -0.4 is 0 Å². The summed E-state index contributed by atoms with van der Waals surface area (Å²) < 4.78 is 85.5. The van der Waals surface area contributed by atoms with Crippen molar-refractivity contribution in [3.8, 4) is 16.9 Å². The summed E-state index contributed by atoms with van der Waals surface area (Å²) in [5.41, 5.74) is 1.59. The summed E-state index contributed by atoms with van der Waals surface area (Å²) >= 11 is 0. The lowest BCUT2D eigenvalue weighted by Gasteiger charge is -2.40. The fourth-order valence-corrected chi connectivity index (χ4v) is 5.32. The van der Waals surface area contributed by atoms with Gasteiger partial charge in [0.25, 0.3) is 5.91 Å². The average molecular weight is 563 g/mol. The third kappa shape index (κ3) is 4.52. The second-order valence-corrected chi connectivity index (χ2v) is 9.50. The summed E-state index contributed by atoms with van der Waals surface area (Å²) in [7, 11) is 1.56. The number of para-hydroxylation sites is 1. The first-order valence-corrected chi connectivity index (χ1v) is 12.6. The van der Waals surface area contributed by atoms with Gasteiger partial charge in [0.1, 0.15) is 0 Å². The normalized spacial score (nSPS) is 17.3. The second kappa shape index (κ2) is 10.1. The summed E-state index contributed by atoms with van der Waals surface area (Å²) in [6.07, 6.45) is -3.93. The van der Waals surface area contributed by atoms with Gasteiger partial charge in [-0.1, -0.05) is 32.0 Å². The smallest absolute Gasteiger partial charge is 0.324 e. The van der Waals surface area contributed by atoms with Crippen molar-refractivity contribution in [3.05, 3.63) is 82.8 Å². The molecule has 3 heterocycles. The highest BCUT2D eigenvalue weighted by atomic mass is 19.4. The zero-order valence-electron chi connectivity index (χ0n) is 21.7. The SMILES string of the molecule is CC[C@H]1Cc2c(nn(C)c2-c2cc(F)c(F)c(F)c2)[C@@H](CC)N1C(=O)c1nc(C(F)(F)F)n(-c2ccccc2)n1. The Balaban J connectivity index is 1.60. The van der Waals surface area contributed by atoms with E-state index in [0.717, 1.165) is 12.1 Å². The molecule has 2 aromatic heterocycles. The van der Waals surface area contributed by atoms with Gasteiger partial charge in [0.05, 0.1) is 23.1 Å². The summed E-state index contributed by atoms with van der Waals surface area (Å²) in [5, 5.41) is 8.49. The lowest BCUT2D eigenvalue weighted by molar-refractivity contribution is -0.146. The number of rotatable bonds is 5. The first kappa shape index (κ1) is 27.4. The minimum absolute atomic E-state index is 0.0789. The Kier molecular flexibility index (Phi) is 6.92. The number of nitrogens with zero attached hydrogens (tertiary/aromatic N) is 6. The van der Waals surface area contributed by atoms with E-state index in [4.69, 9.17) is 0 Å². The van der Waals surface area contributed by atoms with Crippen LogP contribution in [0.2, 0.25) is 0 Å². The van der Waals surface area contributed by atoms with Crippen LogP contribution in [-0.4, -0.2) is 41.4 Å². The van der Waals surface area contributed by atoms with Crippen molar-refractivity contribution in [1.82, 2.24) is 29.4 Å². The molecule has 2 aromatic carbocycles. The number of aromatic nitrogens is 5. The van der Waals surface area contributed by atoms with Crippen molar-refractivity contribution in [1.29, 1.82) is 0 Å². The maximum absolute atomic E-state index is 14.1. The zero-order valence-corrected chi connectivity index (χ0v) is 21.7. The second-order valence-electron chi connectivity index (χ2n) is 9.50. The van der Waals surface area contributed by atoms with Crippen molar-refractivity contribution in [2.75, 3.05) is 0 Å². The molecule has 0 aliphatic carbocycles. The van der Waals surface area contributed by atoms with E-state index in [2.05, 4.69) is 15.2 Å². The quantitative estimate of drug-likeness (QED) is 0.220. The van der Waals surface area contributed by atoms with Crippen molar-refractivity contribution < 1.29 is 31.1 Å². The van der Waals surface area contributed by atoms with E-state index in [1.807, 2.05) is 6.92 Å². The van der Waals surface area contributed by atoms with Gasteiger partial charge in [0, 0.05) is 24.2 Å². The number of hydrogen-bond acceptors (Lipinski definition) is 4. The Labute approximate surface area is 225 Å². The van der Waals surface area contributed by atoms with Crippen LogP contribution in [0.3, 0.4) is 0 Å². The van der Waals surface area contributed by atoms with Crippen LogP contribution in [-0.2, 0) is 19.6 Å². The van der Waals surface area contributed by atoms with E-state index < -0.39 is 53.3 Å². The number of amides is 1. The molecule has 13 heteroatoms. The number of halogens is 6. The van der Waals surface area contributed by atoms with Gasteiger partial charge in [-0.05, 0) is 43.5 Å². The van der Waals surface area contributed by atoms with Crippen molar-refractivity contribution in [3.63, 3.8) is 0 Å². The van der Waals surface area contributed by atoms with Crippen LogP contribution in [0.25, 0.3) is 16.9 Å². The van der Waals surface area contributed by atoms with E-state index >= 15 is 0 Å². The molecule has 1 amide bonds. The zero-order chi connectivity index (χ0) is 28.9. The van der Waals surface area contributed by atoms with Crippen LogP contribution in [0.5, 0.6) is 0 Å². The van der Waals surface area contributed by atoms with Gasteiger partial charge in [0.15, 0.2) is 17.5 Å². The third-order valence-electron chi connectivity index (χ3n) is 7.06. The van der Waals surface area contributed by atoms with E-state index in [9.17, 15) is 31.1 Å². The lowest BCUT2D eigenvalue weighted by Crippen LogP contribution is -2.47. The number of fused-ring (bicyclic) bond motifs is 1. The molecule has 0 bridgehead atoms. The van der Waals surface area contributed by atoms with E-state index in [0.29, 0.717) is 34.5 Å². The molecule has 1 aliphatic heterocycles. The Morgan fingerprint density at radius 3 is 2.23 bits per heavy atom. The van der Waals surface area contributed by atoms with Gasteiger partial charge in [0.2, 0.25) is 11.6 Å². The van der Waals surface area contributed by atoms with Gasteiger partial charge in [-0.25, -0.2) is 17.9 Å². The predicted octanol–water partition coefficient (Wildman–Crippen LogP) is 6.03. The number of carbonyl (C=O) groups excluding carboxylic acids is 1. The first-order valence-electron chi connectivity index (χ1n) is 12.6. The van der Waals surface area contributed by atoms with E-state index in [1.165, 1.54) is 21.7 Å². The van der Waals surface area contributed by atoms with Gasteiger partial charge in [-0.2, -0.15) is 23.3 Å². The summed E-state index contributed by atoms with van der Waals surface area (Å²) in [6, 6.07) is 8.14. The third-order valence-corrected chi connectivity index (χ3v) is 7.06. The molecule has 7 nitrogen and oxygen atoms in total. The molecule has 2 atom stereocenters. The summed E-state index contributed by atoms with van der Waals surface area (Å²) in [4.78, 5) is 18.9. The molecule has 1 aliphatic rings. The molecule has 0 fully saturated rings. The molecule has 0 unspecified atom stereocenters. The standard InChI is InChI=1S/C27H24F6N6O/c1-4-15-13-17-22(35-37(3)23(17)14-11-18(28)21(30)19(29)12-14)20(5-2)38(15)25(40)24-34-26(27(31,32)33)39(36-24)16-9-7-6-8-10-16/h6-12,15,20H,4-5,13H2,1-3H3/t15-,20+/m0/s1. The van der Waals surface area contributed by atoms with Gasteiger partial charge in [-0.3, -0.25) is 9.48 Å². The van der Waals surface area contributed by atoms with Crippen LogP contribution in [0.1, 0.15) is 60.4 Å². The van der Waals surface area contributed by atoms with E-state index in [-0.39, 0.29) is 17.7 Å². The molecular weight excluding hydrogens is 538 g/mol. The highest BCUT2D eigenvalue weighted by Crippen LogP contribution is 2.41. The number of hydrogen-bond donors (Lipinski definition) is 0.